The lowest BCUT2D eigenvalue weighted by Crippen LogP contribution is -2.41. The third-order valence-electron chi connectivity index (χ3n) is 3.15. The van der Waals surface area contributed by atoms with Gasteiger partial charge in [0.2, 0.25) is 5.91 Å². The largest absolute Gasteiger partial charge is 0.396 e. The second-order valence-corrected chi connectivity index (χ2v) is 4.40. The van der Waals surface area contributed by atoms with Crippen molar-refractivity contribution in [1.82, 2.24) is 10.2 Å². The van der Waals surface area contributed by atoms with Crippen LogP contribution in [-0.4, -0.2) is 48.2 Å². The number of hydrogen-bond donors (Lipinski definition) is 2. The number of hydrogen-bond acceptors (Lipinski definition) is 3. The first-order valence-electron chi connectivity index (χ1n) is 6.40. The average molecular weight is 228 g/mol. The normalized spacial score (nSPS) is 20.8. The molecule has 0 spiro atoms. The zero-order chi connectivity index (χ0) is 11.8. The number of aliphatic hydroxyl groups is 1. The van der Waals surface area contributed by atoms with Gasteiger partial charge in [-0.2, -0.15) is 0 Å². The molecule has 1 unspecified atom stereocenters. The van der Waals surface area contributed by atoms with Gasteiger partial charge in [0.1, 0.15) is 0 Å². The van der Waals surface area contributed by atoms with Crippen molar-refractivity contribution in [3.63, 3.8) is 0 Å². The molecule has 4 nitrogen and oxygen atoms in total. The van der Waals surface area contributed by atoms with E-state index in [1.807, 2.05) is 11.8 Å². The van der Waals surface area contributed by atoms with E-state index in [0.29, 0.717) is 25.4 Å². The van der Waals surface area contributed by atoms with E-state index in [1.165, 1.54) is 12.8 Å². The van der Waals surface area contributed by atoms with Crippen LogP contribution in [0, 0.1) is 0 Å². The fourth-order valence-corrected chi connectivity index (χ4v) is 2.16. The molecule has 0 aliphatic carbocycles. The number of amides is 1. The molecule has 0 aromatic heterocycles. The molecule has 0 aromatic rings. The van der Waals surface area contributed by atoms with Crippen LogP contribution in [0.3, 0.4) is 0 Å². The topological polar surface area (TPSA) is 52.6 Å². The Hall–Kier alpha value is -0.610. The molecule has 4 heteroatoms. The van der Waals surface area contributed by atoms with Crippen molar-refractivity contribution in [2.75, 3.05) is 26.2 Å². The summed E-state index contributed by atoms with van der Waals surface area (Å²) >= 11 is 0. The summed E-state index contributed by atoms with van der Waals surface area (Å²) in [5, 5.41) is 12.2. The number of aliphatic hydroxyl groups excluding tert-OH is 1. The molecule has 0 aromatic carbocycles. The molecule has 0 saturated carbocycles. The van der Waals surface area contributed by atoms with E-state index in [1.54, 1.807) is 0 Å². The Labute approximate surface area is 98.0 Å². The fourth-order valence-electron chi connectivity index (χ4n) is 2.16. The monoisotopic (exact) mass is 228 g/mol. The number of piperidine rings is 1. The standard InChI is InChI=1S/C12H24N2O2/c1-2-14(8-5-9-15)12(16)10-11-6-3-4-7-13-11/h11,13,15H,2-10H2,1H3. The quantitative estimate of drug-likeness (QED) is 0.705. The lowest BCUT2D eigenvalue weighted by molar-refractivity contribution is -0.131. The van der Waals surface area contributed by atoms with Crippen LogP contribution >= 0.6 is 0 Å². The highest BCUT2D eigenvalue weighted by molar-refractivity contribution is 5.76. The van der Waals surface area contributed by atoms with Crippen molar-refractivity contribution in [2.45, 2.75) is 45.1 Å². The Balaban J connectivity index is 2.29. The van der Waals surface area contributed by atoms with Crippen LogP contribution in [0.4, 0.5) is 0 Å². The maximum atomic E-state index is 12.0. The molecule has 0 bridgehead atoms. The highest BCUT2D eigenvalue weighted by atomic mass is 16.3. The maximum absolute atomic E-state index is 12.0. The fraction of sp³-hybridized carbons (Fsp3) is 0.917. The second-order valence-electron chi connectivity index (χ2n) is 4.40. The molecule has 1 saturated heterocycles. The van der Waals surface area contributed by atoms with Crippen LogP contribution in [0.5, 0.6) is 0 Å². The first kappa shape index (κ1) is 13.5. The molecule has 94 valence electrons. The van der Waals surface area contributed by atoms with Gasteiger partial charge in [0, 0.05) is 32.2 Å². The summed E-state index contributed by atoms with van der Waals surface area (Å²) in [7, 11) is 0. The van der Waals surface area contributed by atoms with Crippen molar-refractivity contribution < 1.29 is 9.90 Å². The van der Waals surface area contributed by atoms with Gasteiger partial charge in [-0.15, -0.1) is 0 Å². The van der Waals surface area contributed by atoms with E-state index in [4.69, 9.17) is 5.11 Å². The van der Waals surface area contributed by atoms with Crippen LogP contribution < -0.4 is 5.32 Å². The minimum absolute atomic E-state index is 0.158. The van der Waals surface area contributed by atoms with E-state index in [0.717, 1.165) is 19.5 Å². The van der Waals surface area contributed by atoms with Gasteiger partial charge in [0.05, 0.1) is 0 Å². The number of nitrogens with zero attached hydrogens (tertiary/aromatic N) is 1. The van der Waals surface area contributed by atoms with Crippen molar-refractivity contribution in [3.05, 3.63) is 0 Å². The number of nitrogens with one attached hydrogen (secondary N) is 1. The SMILES string of the molecule is CCN(CCCO)C(=O)CC1CCCCN1. The summed E-state index contributed by atoms with van der Waals surface area (Å²) in [5.74, 6) is 0.218. The van der Waals surface area contributed by atoms with Gasteiger partial charge in [-0.3, -0.25) is 4.79 Å². The highest BCUT2D eigenvalue weighted by Gasteiger charge is 2.19. The van der Waals surface area contributed by atoms with E-state index < -0.39 is 0 Å². The second kappa shape index (κ2) is 7.63. The van der Waals surface area contributed by atoms with Crippen molar-refractivity contribution in [1.29, 1.82) is 0 Å². The summed E-state index contributed by atoms with van der Waals surface area (Å²) < 4.78 is 0. The van der Waals surface area contributed by atoms with E-state index >= 15 is 0 Å². The van der Waals surface area contributed by atoms with E-state index in [2.05, 4.69) is 5.32 Å². The summed E-state index contributed by atoms with van der Waals surface area (Å²) in [6, 6.07) is 0.365. The zero-order valence-corrected chi connectivity index (χ0v) is 10.2. The minimum atomic E-state index is 0.158. The van der Waals surface area contributed by atoms with Crippen LogP contribution in [0.15, 0.2) is 0 Å². The Kier molecular flexibility index (Phi) is 6.42. The molecule has 1 aliphatic rings. The highest BCUT2D eigenvalue weighted by Crippen LogP contribution is 2.11. The third kappa shape index (κ3) is 4.49. The number of carbonyl (C=O) groups excluding carboxylic acids is 1. The van der Waals surface area contributed by atoms with Gasteiger partial charge in [0.25, 0.3) is 0 Å². The Morgan fingerprint density at radius 2 is 2.31 bits per heavy atom. The summed E-state index contributed by atoms with van der Waals surface area (Å²) in [5.41, 5.74) is 0. The molecule has 1 atom stereocenters. The Morgan fingerprint density at radius 1 is 1.50 bits per heavy atom. The minimum Gasteiger partial charge on any atom is -0.396 e. The molecule has 1 fully saturated rings. The Morgan fingerprint density at radius 3 is 2.88 bits per heavy atom. The van der Waals surface area contributed by atoms with Gasteiger partial charge in [-0.05, 0) is 32.7 Å². The van der Waals surface area contributed by atoms with Crippen molar-refractivity contribution in [3.8, 4) is 0 Å². The smallest absolute Gasteiger partial charge is 0.224 e. The molecular formula is C12H24N2O2. The lowest BCUT2D eigenvalue weighted by atomic mass is 10.0. The van der Waals surface area contributed by atoms with E-state index in [-0.39, 0.29) is 12.5 Å². The summed E-state index contributed by atoms with van der Waals surface area (Å²) in [4.78, 5) is 13.8. The van der Waals surface area contributed by atoms with Gasteiger partial charge < -0.3 is 15.3 Å². The predicted octanol–water partition coefficient (Wildman–Crippen LogP) is 0.749. The number of carbonyl (C=O) groups is 1. The predicted molar refractivity (Wildman–Crippen MR) is 64.2 cm³/mol. The summed E-state index contributed by atoms with van der Waals surface area (Å²) in [6.07, 6.45) is 4.86. The Bertz CT molecular complexity index is 203. The molecular weight excluding hydrogens is 204 g/mol. The van der Waals surface area contributed by atoms with Gasteiger partial charge >= 0.3 is 0 Å². The van der Waals surface area contributed by atoms with Gasteiger partial charge in [-0.25, -0.2) is 0 Å². The van der Waals surface area contributed by atoms with E-state index in [9.17, 15) is 4.79 Å². The molecule has 2 N–H and O–H groups in total. The molecule has 1 aliphatic heterocycles. The third-order valence-corrected chi connectivity index (χ3v) is 3.15. The zero-order valence-electron chi connectivity index (χ0n) is 10.2. The first-order chi connectivity index (χ1) is 7.77. The molecule has 1 heterocycles. The molecule has 1 rings (SSSR count). The average Bonchev–Trinajstić information content (AvgIpc) is 2.31. The molecule has 16 heavy (non-hydrogen) atoms. The maximum Gasteiger partial charge on any atom is 0.224 e. The lowest BCUT2D eigenvalue weighted by Gasteiger charge is -2.26. The van der Waals surface area contributed by atoms with Gasteiger partial charge in [0.15, 0.2) is 0 Å². The van der Waals surface area contributed by atoms with Crippen LogP contribution in [0.1, 0.15) is 39.0 Å². The van der Waals surface area contributed by atoms with Crippen molar-refractivity contribution in [2.24, 2.45) is 0 Å². The number of rotatable bonds is 6. The van der Waals surface area contributed by atoms with Crippen LogP contribution in [-0.2, 0) is 4.79 Å². The van der Waals surface area contributed by atoms with Crippen molar-refractivity contribution >= 4 is 5.91 Å². The molecule has 0 radical (unpaired) electrons. The first-order valence-corrected chi connectivity index (χ1v) is 6.40. The van der Waals surface area contributed by atoms with Gasteiger partial charge in [-0.1, -0.05) is 6.42 Å². The molecule has 1 amide bonds. The van der Waals surface area contributed by atoms with Crippen LogP contribution in [0.25, 0.3) is 0 Å². The summed E-state index contributed by atoms with van der Waals surface area (Å²) in [6.45, 7) is 4.61. The van der Waals surface area contributed by atoms with Crippen LogP contribution in [0.2, 0.25) is 0 Å².